The van der Waals surface area contributed by atoms with Gasteiger partial charge in [-0.1, -0.05) is 0 Å². The number of benzene rings is 1. The molecule has 0 unspecified atom stereocenters. The first-order valence-electron chi connectivity index (χ1n) is 8.83. The van der Waals surface area contributed by atoms with Crippen LogP contribution in [0.3, 0.4) is 0 Å². The summed E-state index contributed by atoms with van der Waals surface area (Å²) in [4.78, 5) is 31.1. The van der Waals surface area contributed by atoms with Gasteiger partial charge in [-0.2, -0.15) is 0 Å². The average Bonchev–Trinajstić information content (AvgIpc) is 3.04. The first kappa shape index (κ1) is 19.3. The summed E-state index contributed by atoms with van der Waals surface area (Å²) in [5.41, 5.74) is 6.33. The molecule has 27 heavy (non-hydrogen) atoms. The Balaban J connectivity index is 1.96. The Labute approximate surface area is 161 Å². The van der Waals surface area contributed by atoms with Gasteiger partial charge >= 0.3 is 0 Å². The van der Waals surface area contributed by atoms with Gasteiger partial charge in [0.15, 0.2) is 0 Å². The summed E-state index contributed by atoms with van der Waals surface area (Å²) in [5, 5.41) is 2.52. The maximum atomic E-state index is 12.7. The quantitative estimate of drug-likeness (QED) is 0.584. The third-order valence-electron chi connectivity index (χ3n) is 4.37. The van der Waals surface area contributed by atoms with Crippen LogP contribution in [0.2, 0.25) is 0 Å². The van der Waals surface area contributed by atoms with E-state index in [9.17, 15) is 9.59 Å². The topological polar surface area (TPSA) is 85.3 Å². The zero-order valence-electron chi connectivity index (χ0n) is 15.8. The van der Waals surface area contributed by atoms with Crippen LogP contribution in [0.25, 0.3) is 5.70 Å². The fourth-order valence-corrected chi connectivity index (χ4v) is 3.92. The number of carbonyl (C=O) groups is 1. The maximum absolute atomic E-state index is 12.7. The van der Waals surface area contributed by atoms with E-state index in [2.05, 4.69) is 10.6 Å². The van der Waals surface area contributed by atoms with Gasteiger partial charge < -0.3 is 9.84 Å². The maximum Gasteiger partial charge on any atom is 0.278 e. The second-order valence-electron chi connectivity index (χ2n) is 6.11. The van der Waals surface area contributed by atoms with Crippen molar-refractivity contribution in [2.24, 2.45) is 0 Å². The van der Waals surface area contributed by atoms with E-state index in [-0.39, 0.29) is 16.2 Å². The highest BCUT2D eigenvalue weighted by atomic mass is 32.2. The Hall–Kier alpha value is -2.45. The molecule has 0 amide bonds. The van der Waals surface area contributed by atoms with Gasteiger partial charge in [-0.05, 0) is 62.7 Å². The average molecular weight is 389 g/mol. The minimum atomic E-state index is -0.302. The molecule has 2 N–H and O–H groups in total. The monoisotopic (exact) mass is 389 g/mol. The molecule has 144 valence electrons. The summed E-state index contributed by atoms with van der Waals surface area (Å²) in [6, 6.07) is 1.92. The van der Waals surface area contributed by atoms with Crippen molar-refractivity contribution in [1.29, 1.82) is 0 Å². The summed E-state index contributed by atoms with van der Waals surface area (Å²) < 4.78 is 7.20. The smallest absolute Gasteiger partial charge is 0.278 e. The van der Waals surface area contributed by atoms with Crippen LogP contribution in [0.1, 0.15) is 40.9 Å². The van der Waals surface area contributed by atoms with Crippen molar-refractivity contribution >= 4 is 22.6 Å². The van der Waals surface area contributed by atoms with E-state index < -0.39 is 0 Å². The minimum absolute atomic E-state index is 0.149. The predicted molar refractivity (Wildman–Crippen MR) is 105 cm³/mol. The van der Waals surface area contributed by atoms with Crippen LogP contribution in [0.15, 0.2) is 28.0 Å². The summed E-state index contributed by atoms with van der Waals surface area (Å²) in [5.74, 6) is 0.781. The molecular formula is C19H23N3O4S. The molecule has 1 aromatic heterocycles. The fraction of sp³-hybridized carbons (Fsp3) is 0.368. The lowest BCUT2D eigenvalue weighted by atomic mass is 9.99. The SMILES string of the molecule is CCONC1=CCOc2c(C)cc(SC(=O)c3c[nH]n(CC)c3=O)c(C)c21. The van der Waals surface area contributed by atoms with Crippen LogP contribution in [-0.2, 0) is 11.4 Å². The largest absolute Gasteiger partial charge is 0.488 e. The van der Waals surface area contributed by atoms with Crippen molar-refractivity contribution in [1.82, 2.24) is 15.3 Å². The highest BCUT2D eigenvalue weighted by molar-refractivity contribution is 8.14. The number of hydrogen-bond acceptors (Lipinski definition) is 6. The van der Waals surface area contributed by atoms with Crippen LogP contribution >= 0.6 is 11.8 Å². The second-order valence-corrected chi connectivity index (χ2v) is 7.13. The van der Waals surface area contributed by atoms with Crippen LogP contribution in [-0.4, -0.2) is 28.1 Å². The third kappa shape index (κ3) is 3.68. The molecule has 2 heterocycles. The minimum Gasteiger partial charge on any atom is -0.488 e. The molecule has 0 bridgehead atoms. The number of carbonyl (C=O) groups excluding carboxylic acids is 1. The standard InChI is InChI=1S/C19H23N3O4S/c1-5-22-18(23)13(10-20-22)19(24)27-15-9-11(3)17-16(12(15)4)14(7-8-25-17)21-26-6-2/h7,9-10,20-21H,5-6,8H2,1-4H3. The molecule has 8 heteroatoms. The number of aryl methyl sites for hydroxylation is 2. The first-order chi connectivity index (χ1) is 13.0. The van der Waals surface area contributed by atoms with Gasteiger partial charge in [-0.25, -0.2) is 0 Å². The Morgan fingerprint density at radius 1 is 1.41 bits per heavy atom. The molecule has 0 radical (unpaired) electrons. The Morgan fingerprint density at radius 2 is 2.19 bits per heavy atom. The highest BCUT2D eigenvalue weighted by Gasteiger charge is 2.24. The molecule has 3 rings (SSSR count). The van der Waals surface area contributed by atoms with Gasteiger partial charge in [0.2, 0.25) is 5.12 Å². The normalized spacial score (nSPS) is 13.0. The number of H-pyrrole nitrogens is 1. The number of rotatable bonds is 6. The van der Waals surface area contributed by atoms with Crippen LogP contribution in [0, 0.1) is 13.8 Å². The number of aromatic nitrogens is 2. The van der Waals surface area contributed by atoms with E-state index in [0.29, 0.717) is 19.8 Å². The lowest BCUT2D eigenvalue weighted by Crippen LogP contribution is -2.20. The van der Waals surface area contributed by atoms with Gasteiger partial charge in [0, 0.05) is 23.2 Å². The van der Waals surface area contributed by atoms with Crippen LogP contribution in [0.4, 0.5) is 0 Å². The summed E-state index contributed by atoms with van der Waals surface area (Å²) in [7, 11) is 0. The number of nitrogens with one attached hydrogen (secondary N) is 2. The van der Waals surface area contributed by atoms with Crippen molar-refractivity contribution in [2.75, 3.05) is 13.2 Å². The van der Waals surface area contributed by atoms with Crippen molar-refractivity contribution in [3.63, 3.8) is 0 Å². The predicted octanol–water partition coefficient (Wildman–Crippen LogP) is 3.02. The van der Waals surface area contributed by atoms with Crippen molar-refractivity contribution in [3.05, 3.63) is 50.9 Å². The molecule has 2 aromatic rings. The van der Waals surface area contributed by atoms with E-state index >= 15 is 0 Å². The summed E-state index contributed by atoms with van der Waals surface area (Å²) in [6.45, 7) is 9.08. The highest BCUT2D eigenvalue weighted by Crippen LogP contribution is 2.40. The van der Waals surface area contributed by atoms with Crippen molar-refractivity contribution < 1.29 is 14.4 Å². The molecule has 0 spiro atoms. The van der Waals surface area contributed by atoms with E-state index in [1.807, 2.05) is 39.8 Å². The van der Waals surface area contributed by atoms with Crippen LogP contribution < -0.4 is 15.8 Å². The van der Waals surface area contributed by atoms with E-state index in [0.717, 1.165) is 44.8 Å². The molecule has 1 aliphatic heterocycles. The molecule has 1 aliphatic rings. The summed E-state index contributed by atoms with van der Waals surface area (Å²) in [6.07, 6.45) is 3.37. The number of aromatic amines is 1. The van der Waals surface area contributed by atoms with Gasteiger partial charge in [0.05, 0.1) is 12.3 Å². The number of hydrogen-bond donors (Lipinski definition) is 2. The van der Waals surface area contributed by atoms with Crippen molar-refractivity contribution in [3.8, 4) is 5.75 Å². The second kappa shape index (κ2) is 8.06. The zero-order valence-corrected chi connectivity index (χ0v) is 16.7. The third-order valence-corrected chi connectivity index (χ3v) is 5.42. The van der Waals surface area contributed by atoms with E-state index in [1.54, 1.807) is 0 Å². The molecule has 7 nitrogen and oxygen atoms in total. The molecule has 0 atom stereocenters. The summed E-state index contributed by atoms with van der Waals surface area (Å²) >= 11 is 1.05. The Morgan fingerprint density at radius 3 is 2.85 bits per heavy atom. The molecular weight excluding hydrogens is 366 g/mol. The van der Waals surface area contributed by atoms with Gasteiger partial charge in [-0.3, -0.25) is 24.6 Å². The molecule has 0 fully saturated rings. The van der Waals surface area contributed by atoms with Crippen LogP contribution in [0.5, 0.6) is 5.75 Å². The fourth-order valence-electron chi connectivity index (χ4n) is 2.97. The number of hydroxylamine groups is 1. The van der Waals surface area contributed by atoms with Gasteiger partial charge in [0.1, 0.15) is 17.9 Å². The number of ether oxygens (including phenoxy) is 1. The first-order valence-corrected chi connectivity index (χ1v) is 9.65. The molecule has 0 saturated heterocycles. The lowest BCUT2D eigenvalue weighted by molar-refractivity contribution is 0.0888. The number of nitrogens with zero attached hydrogens (tertiary/aromatic N) is 1. The Bertz CT molecular complexity index is 959. The van der Waals surface area contributed by atoms with Crippen molar-refractivity contribution in [2.45, 2.75) is 39.1 Å². The molecule has 0 aliphatic carbocycles. The molecule has 1 aromatic carbocycles. The molecule has 0 saturated carbocycles. The Kier molecular flexibility index (Phi) is 5.76. The number of fused-ring (bicyclic) bond motifs is 1. The number of thioether (sulfide) groups is 1. The lowest BCUT2D eigenvalue weighted by Gasteiger charge is -2.24. The zero-order chi connectivity index (χ0) is 19.6. The van der Waals surface area contributed by atoms with E-state index in [1.165, 1.54) is 10.9 Å². The van der Waals surface area contributed by atoms with E-state index in [4.69, 9.17) is 9.57 Å². The van der Waals surface area contributed by atoms with Gasteiger partial charge in [-0.15, -0.1) is 0 Å². The van der Waals surface area contributed by atoms with Gasteiger partial charge in [0.25, 0.3) is 5.56 Å².